The summed E-state index contributed by atoms with van der Waals surface area (Å²) < 4.78 is 5.36. The molecule has 130 valence electrons. The summed E-state index contributed by atoms with van der Waals surface area (Å²) in [5.41, 5.74) is 1.55. The van der Waals surface area contributed by atoms with E-state index in [1.807, 2.05) is 20.8 Å². The third-order valence-electron chi connectivity index (χ3n) is 4.68. The van der Waals surface area contributed by atoms with E-state index in [2.05, 4.69) is 5.32 Å². The van der Waals surface area contributed by atoms with Crippen LogP contribution in [0.25, 0.3) is 11.0 Å². The molecule has 0 aliphatic rings. The van der Waals surface area contributed by atoms with Crippen molar-refractivity contribution in [2.75, 3.05) is 0 Å². The number of fused-ring (bicyclic) bond motifs is 1. The van der Waals surface area contributed by atoms with Gasteiger partial charge in [0.15, 0.2) is 0 Å². The number of nitrogens with one attached hydrogen (secondary N) is 1. The summed E-state index contributed by atoms with van der Waals surface area (Å²) in [5, 5.41) is 23.2. The first-order chi connectivity index (χ1) is 11.3. The molecule has 2 aromatic rings. The van der Waals surface area contributed by atoms with Crippen molar-refractivity contribution in [3.8, 4) is 5.75 Å². The molecule has 0 saturated carbocycles. The molecule has 0 amide bonds. The zero-order valence-electron chi connectivity index (χ0n) is 14.3. The Kier molecular flexibility index (Phi) is 5.29. The van der Waals surface area contributed by atoms with Crippen LogP contribution in [0.15, 0.2) is 21.3 Å². The average Bonchev–Trinajstić information content (AvgIpc) is 2.54. The van der Waals surface area contributed by atoms with E-state index in [1.165, 1.54) is 6.07 Å². The third kappa shape index (κ3) is 3.28. The Morgan fingerprint density at radius 1 is 1.29 bits per heavy atom. The molecule has 1 heterocycles. The number of benzene rings is 1. The molecule has 1 aromatic carbocycles. The Hall–Kier alpha value is -2.34. The first kappa shape index (κ1) is 18.0. The lowest BCUT2D eigenvalue weighted by molar-refractivity contribution is -0.140. The van der Waals surface area contributed by atoms with Crippen molar-refractivity contribution in [1.82, 2.24) is 5.32 Å². The number of aliphatic carboxylic acids is 1. The van der Waals surface area contributed by atoms with Crippen LogP contribution in [0.2, 0.25) is 0 Å². The Labute approximate surface area is 140 Å². The molecule has 2 rings (SSSR count). The molecule has 0 spiro atoms. The number of hydrogen-bond acceptors (Lipinski definition) is 5. The molecule has 0 aliphatic carbocycles. The van der Waals surface area contributed by atoms with E-state index in [0.717, 1.165) is 10.9 Å². The van der Waals surface area contributed by atoms with Crippen molar-refractivity contribution in [2.45, 2.75) is 46.7 Å². The monoisotopic (exact) mass is 333 g/mol. The van der Waals surface area contributed by atoms with Gasteiger partial charge in [-0.1, -0.05) is 20.3 Å². The summed E-state index contributed by atoms with van der Waals surface area (Å²) in [5.74, 6) is -1.05. The van der Waals surface area contributed by atoms with Gasteiger partial charge in [-0.15, -0.1) is 0 Å². The highest BCUT2D eigenvalue weighted by atomic mass is 16.4. The van der Waals surface area contributed by atoms with E-state index in [4.69, 9.17) is 4.42 Å². The van der Waals surface area contributed by atoms with Gasteiger partial charge in [0.1, 0.15) is 17.4 Å². The fourth-order valence-electron chi connectivity index (χ4n) is 2.70. The molecular weight excluding hydrogens is 310 g/mol. The van der Waals surface area contributed by atoms with E-state index < -0.39 is 17.6 Å². The van der Waals surface area contributed by atoms with E-state index in [-0.39, 0.29) is 18.2 Å². The molecule has 0 saturated heterocycles. The smallest absolute Gasteiger partial charge is 0.339 e. The molecule has 0 bridgehead atoms. The van der Waals surface area contributed by atoms with Crippen LogP contribution in [-0.4, -0.2) is 22.2 Å². The van der Waals surface area contributed by atoms with Gasteiger partial charge < -0.3 is 14.6 Å². The van der Waals surface area contributed by atoms with Gasteiger partial charge in [0.25, 0.3) is 0 Å². The minimum Gasteiger partial charge on any atom is -0.507 e. The highest BCUT2D eigenvalue weighted by Gasteiger charge is 2.24. The summed E-state index contributed by atoms with van der Waals surface area (Å²) >= 11 is 0. The van der Waals surface area contributed by atoms with Crippen molar-refractivity contribution < 1.29 is 19.4 Å². The first-order valence-electron chi connectivity index (χ1n) is 7.98. The van der Waals surface area contributed by atoms with Crippen molar-refractivity contribution in [3.05, 3.63) is 39.2 Å². The van der Waals surface area contributed by atoms with Crippen LogP contribution in [0.1, 0.15) is 37.0 Å². The average molecular weight is 333 g/mol. The van der Waals surface area contributed by atoms with Gasteiger partial charge >= 0.3 is 11.6 Å². The number of rotatable bonds is 6. The van der Waals surface area contributed by atoms with Crippen LogP contribution < -0.4 is 10.9 Å². The molecular formula is C18H23NO5. The second-order valence-electron chi connectivity index (χ2n) is 6.16. The SMILES string of the molecule is CCC(C)C(NCc1c(O)ccc2c(C)c(C)c(=O)oc12)C(=O)O. The van der Waals surface area contributed by atoms with Crippen LogP contribution in [0, 0.1) is 19.8 Å². The van der Waals surface area contributed by atoms with Crippen molar-refractivity contribution >= 4 is 16.9 Å². The number of hydrogen-bond donors (Lipinski definition) is 3. The fraction of sp³-hybridized carbons (Fsp3) is 0.444. The van der Waals surface area contributed by atoms with Crippen LogP contribution in [-0.2, 0) is 11.3 Å². The first-order valence-corrected chi connectivity index (χ1v) is 7.98. The van der Waals surface area contributed by atoms with E-state index in [9.17, 15) is 19.8 Å². The summed E-state index contributed by atoms with van der Waals surface area (Å²) in [4.78, 5) is 23.4. The van der Waals surface area contributed by atoms with Gasteiger partial charge in [-0.05, 0) is 37.5 Å². The lowest BCUT2D eigenvalue weighted by atomic mass is 9.98. The Bertz CT molecular complexity index is 824. The van der Waals surface area contributed by atoms with E-state index >= 15 is 0 Å². The number of carbonyl (C=O) groups is 1. The quantitative estimate of drug-likeness (QED) is 0.703. The van der Waals surface area contributed by atoms with Crippen molar-refractivity contribution in [1.29, 1.82) is 0 Å². The Balaban J connectivity index is 2.47. The molecule has 24 heavy (non-hydrogen) atoms. The van der Waals surface area contributed by atoms with Crippen LogP contribution in [0.3, 0.4) is 0 Å². The number of carboxylic acids is 1. The molecule has 0 radical (unpaired) electrons. The molecule has 0 fully saturated rings. The predicted molar refractivity (Wildman–Crippen MR) is 91.3 cm³/mol. The molecule has 2 atom stereocenters. The summed E-state index contributed by atoms with van der Waals surface area (Å²) in [6.07, 6.45) is 0.707. The van der Waals surface area contributed by atoms with Gasteiger partial charge in [0, 0.05) is 17.5 Å². The highest BCUT2D eigenvalue weighted by Crippen LogP contribution is 2.29. The Morgan fingerprint density at radius 2 is 1.96 bits per heavy atom. The molecule has 2 unspecified atom stereocenters. The van der Waals surface area contributed by atoms with Gasteiger partial charge in [-0.2, -0.15) is 0 Å². The van der Waals surface area contributed by atoms with Gasteiger partial charge in [-0.25, -0.2) is 4.79 Å². The highest BCUT2D eigenvalue weighted by molar-refractivity contribution is 5.85. The van der Waals surface area contributed by atoms with E-state index in [1.54, 1.807) is 13.0 Å². The molecule has 1 aromatic heterocycles. The third-order valence-corrected chi connectivity index (χ3v) is 4.68. The minimum atomic E-state index is -0.947. The predicted octanol–water partition coefficient (Wildman–Crippen LogP) is 2.70. The summed E-state index contributed by atoms with van der Waals surface area (Å²) in [7, 11) is 0. The molecule has 3 N–H and O–H groups in total. The number of aromatic hydroxyl groups is 1. The molecule has 6 heteroatoms. The number of aryl methyl sites for hydroxylation is 1. The zero-order chi connectivity index (χ0) is 18.0. The van der Waals surface area contributed by atoms with E-state index in [0.29, 0.717) is 23.1 Å². The number of carboxylic acid groups (broad SMARTS) is 1. The van der Waals surface area contributed by atoms with Crippen molar-refractivity contribution in [2.24, 2.45) is 5.92 Å². The second-order valence-corrected chi connectivity index (χ2v) is 6.16. The molecule has 0 aliphatic heterocycles. The van der Waals surface area contributed by atoms with Gasteiger partial charge in [0.05, 0.1) is 5.56 Å². The van der Waals surface area contributed by atoms with Crippen LogP contribution in [0.4, 0.5) is 0 Å². The van der Waals surface area contributed by atoms with Crippen LogP contribution in [0.5, 0.6) is 5.75 Å². The Morgan fingerprint density at radius 3 is 2.54 bits per heavy atom. The largest absolute Gasteiger partial charge is 0.507 e. The van der Waals surface area contributed by atoms with Crippen molar-refractivity contribution in [3.63, 3.8) is 0 Å². The van der Waals surface area contributed by atoms with Crippen LogP contribution >= 0.6 is 0 Å². The maximum atomic E-state index is 12.0. The second kappa shape index (κ2) is 7.05. The summed E-state index contributed by atoms with van der Waals surface area (Å²) in [6, 6.07) is 2.48. The lowest BCUT2D eigenvalue weighted by Gasteiger charge is -2.21. The minimum absolute atomic E-state index is 0.0327. The van der Waals surface area contributed by atoms with Gasteiger partial charge in [0.2, 0.25) is 0 Å². The lowest BCUT2D eigenvalue weighted by Crippen LogP contribution is -2.41. The number of phenolic OH excluding ortho intramolecular Hbond substituents is 1. The fourth-order valence-corrected chi connectivity index (χ4v) is 2.70. The van der Waals surface area contributed by atoms with Gasteiger partial charge in [-0.3, -0.25) is 10.1 Å². The molecule has 6 nitrogen and oxygen atoms in total. The zero-order valence-corrected chi connectivity index (χ0v) is 14.3. The number of phenols is 1. The maximum absolute atomic E-state index is 12.0. The standard InChI is InChI=1S/C18H23NO5/c1-5-9(2)15(17(21)22)19-8-13-14(20)7-6-12-10(3)11(4)18(23)24-16(12)13/h6-7,9,15,19-20H,5,8H2,1-4H3,(H,21,22). The summed E-state index contributed by atoms with van der Waals surface area (Å²) in [6.45, 7) is 7.37. The maximum Gasteiger partial charge on any atom is 0.339 e. The topological polar surface area (TPSA) is 99.8 Å². The normalized spacial score (nSPS) is 13.8.